The Morgan fingerprint density at radius 3 is 1.44 bits per heavy atom. The highest BCUT2D eigenvalue weighted by Crippen LogP contribution is 2.43. The second-order valence-electron chi connectivity index (χ2n) is 15.2. The largest absolute Gasteiger partial charge is 0.472 e. The maximum atomic E-state index is 12.6. The molecule has 0 rings (SSSR count). The van der Waals surface area contributed by atoms with Gasteiger partial charge in [-0.15, -0.1) is 0 Å². The van der Waals surface area contributed by atoms with Crippen molar-refractivity contribution in [3.05, 3.63) is 48.6 Å². The molecule has 332 valence electrons. The van der Waals surface area contributed by atoms with Crippen LogP contribution in [0.25, 0.3) is 0 Å². The lowest BCUT2D eigenvalue weighted by molar-refractivity contribution is -0.161. The summed E-state index contributed by atoms with van der Waals surface area (Å²) in [6.45, 7) is 3.59. The first-order chi connectivity index (χ1) is 27.8. The summed E-state index contributed by atoms with van der Waals surface area (Å²) in [7, 11) is -4.39. The van der Waals surface area contributed by atoms with E-state index in [0.29, 0.717) is 6.42 Å². The third kappa shape index (κ3) is 43.4. The summed E-state index contributed by atoms with van der Waals surface area (Å²) in [4.78, 5) is 34.9. The third-order valence-corrected chi connectivity index (χ3v) is 10.7. The minimum absolute atomic E-state index is 0.0460. The van der Waals surface area contributed by atoms with E-state index in [-0.39, 0.29) is 32.6 Å². The number of carbonyl (C=O) groups excluding carboxylic acids is 2. The fourth-order valence-electron chi connectivity index (χ4n) is 6.33. The molecule has 0 saturated carbocycles. The van der Waals surface area contributed by atoms with Crippen LogP contribution in [0.2, 0.25) is 0 Å². The van der Waals surface area contributed by atoms with Crippen LogP contribution in [0.15, 0.2) is 48.6 Å². The van der Waals surface area contributed by atoms with E-state index in [0.717, 1.165) is 57.8 Å². The molecule has 0 saturated heterocycles. The van der Waals surface area contributed by atoms with Crippen molar-refractivity contribution >= 4 is 19.8 Å². The Morgan fingerprint density at radius 2 is 0.965 bits per heavy atom. The van der Waals surface area contributed by atoms with Gasteiger partial charge in [-0.25, -0.2) is 4.57 Å². The molecular weight excluding hydrogens is 737 g/mol. The first kappa shape index (κ1) is 55.0. The van der Waals surface area contributed by atoms with Gasteiger partial charge < -0.3 is 20.1 Å². The molecule has 2 unspecified atom stereocenters. The van der Waals surface area contributed by atoms with Crippen molar-refractivity contribution in [1.82, 2.24) is 0 Å². The molecule has 57 heavy (non-hydrogen) atoms. The molecule has 0 aliphatic rings. The minimum atomic E-state index is -4.39. The number of esters is 2. The molecule has 0 spiro atoms. The van der Waals surface area contributed by atoms with Gasteiger partial charge in [-0.2, -0.15) is 0 Å². The first-order valence-corrected chi connectivity index (χ1v) is 24.6. The predicted octanol–water partition coefficient (Wildman–Crippen LogP) is 13.5. The summed E-state index contributed by atoms with van der Waals surface area (Å²) in [5, 5.41) is 0. The average Bonchev–Trinajstić information content (AvgIpc) is 3.20. The number of nitrogens with two attached hydrogens (primary N) is 1. The van der Waals surface area contributed by atoms with Gasteiger partial charge >= 0.3 is 19.8 Å². The Morgan fingerprint density at radius 1 is 0.544 bits per heavy atom. The van der Waals surface area contributed by atoms with E-state index in [9.17, 15) is 19.0 Å². The molecule has 0 aliphatic heterocycles. The highest BCUT2D eigenvalue weighted by Gasteiger charge is 2.26. The number of rotatable bonds is 43. The zero-order chi connectivity index (χ0) is 41.8. The van der Waals surface area contributed by atoms with E-state index in [1.54, 1.807) is 0 Å². The van der Waals surface area contributed by atoms with Crippen molar-refractivity contribution < 1.29 is 37.6 Å². The Kier molecular flexibility index (Phi) is 42.0. The molecule has 0 fully saturated rings. The second-order valence-corrected chi connectivity index (χ2v) is 16.7. The number of carbonyl (C=O) groups is 2. The third-order valence-electron chi connectivity index (χ3n) is 9.73. The smallest absolute Gasteiger partial charge is 0.462 e. The first-order valence-electron chi connectivity index (χ1n) is 23.1. The van der Waals surface area contributed by atoms with E-state index in [1.807, 2.05) is 0 Å². The summed E-state index contributed by atoms with van der Waals surface area (Å²) in [5.74, 6) is -0.872. The normalized spacial score (nSPS) is 13.7. The number of hydrogen-bond acceptors (Lipinski definition) is 8. The van der Waals surface area contributed by atoms with E-state index in [2.05, 4.69) is 62.5 Å². The van der Waals surface area contributed by atoms with Crippen LogP contribution >= 0.6 is 7.82 Å². The minimum Gasteiger partial charge on any atom is -0.462 e. The Hall–Kier alpha value is -2.03. The van der Waals surface area contributed by atoms with Crippen molar-refractivity contribution in [2.75, 3.05) is 26.4 Å². The van der Waals surface area contributed by atoms with Crippen molar-refractivity contribution in [3.8, 4) is 0 Å². The average molecular weight is 824 g/mol. The van der Waals surface area contributed by atoms with Crippen molar-refractivity contribution in [2.45, 2.75) is 213 Å². The van der Waals surface area contributed by atoms with Crippen molar-refractivity contribution in [1.29, 1.82) is 0 Å². The maximum absolute atomic E-state index is 12.6. The number of hydrogen-bond donors (Lipinski definition) is 2. The molecular formula is C47H86NO8P. The molecule has 9 nitrogen and oxygen atoms in total. The van der Waals surface area contributed by atoms with E-state index < -0.39 is 32.5 Å². The van der Waals surface area contributed by atoms with Gasteiger partial charge in [-0.1, -0.05) is 191 Å². The summed E-state index contributed by atoms with van der Waals surface area (Å²) >= 11 is 0. The molecule has 0 aromatic carbocycles. The molecule has 2 atom stereocenters. The number of phosphoric ester groups is 1. The number of unbranched alkanes of at least 4 members (excludes halogenated alkanes) is 22. The van der Waals surface area contributed by atoms with Gasteiger partial charge in [-0.3, -0.25) is 18.6 Å². The van der Waals surface area contributed by atoms with Crippen LogP contribution in [-0.4, -0.2) is 49.3 Å². The summed E-state index contributed by atoms with van der Waals surface area (Å²) in [5.41, 5.74) is 5.35. The molecule has 0 aliphatic carbocycles. The monoisotopic (exact) mass is 824 g/mol. The van der Waals surface area contributed by atoms with Crippen molar-refractivity contribution in [2.24, 2.45) is 5.73 Å². The van der Waals surface area contributed by atoms with Gasteiger partial charge in [0.1, 0.15) is 6.61 Å². The van der Waals surface area contributed by atoms with Crippen LogP contribution < -0.4 is 5.73 Å². The van der Waals surface area contributed by atoms with Crippen LogP contribution in [0.5, 0.6) is 0 Å². The molecule has 0 radical (unpaired) electrons. The van der Waals surface area contributed by atoms with E-state index >= 15 is 0 Å². The topological polar surface area (TPSA) is 134 Å². The standard InChI is InChI=1S/C47H86NO8P/c1-3-5-7-9-11-13-15-17-19-20-21-22-23-24-26-27-29-31-33-35-37-39-46(49)53-43-45(44-55-57(51,52)54-42-41-48)56-47(50)40-38-36-34-32-30-28-25-18-16-14-12-10-8-6-4-2/h6,8,12,14,18,25,30,32,45H,3-5,7,9-11,13,15-17,19-24,26-29,31,33-44,48H2,1-2H3,(H,51,52). The molecule has 10 heteroatoms. The van der Waals surface area contributed by atoms with Crippen LogP contribution in [0.4, 0.5) is 0 Å². The zero-order valence-corrected chi connectivity index (χ0v) is 37.5. The lowest BCUT2D eigenvalue weighted by Crippen LogP contribution is -2.29. The van der Waals surface area contributed by atoms with Crippen molar-refractivity contribution in [3.63, 3.8) is 0 Å². The SMILES string of the molecule is CCC=CCC=CCC=CCC=CCCCCC(=O)OC(COC(=O)CCCCCCCCCCCCCCCCCCCCCCC)COP(=O)(O)OCCN. The summed E-state index contributed by atoms with van der Waals surface area (Å²) in [6.07, 6.45) is 50.1. The van der Waals surface area contributed by atoms with Crippen LogP contribution in [0.3, 0.4) is 0 Å². The van der Waals surface area contributed by atoms with Crippen LogP contribution in [-0.2, 0) is 32.7 Å². The molecule has 0 aromatic heterocycles. The Bertz CT molecular complexity index is 1080. The quantitative estimate of drug-likeness (QED) is 0.0267. The van der Waals surface area contributed by atoms with Gasteiger partial charge in [0.05, 0.1) is 13.2 Å². The second kappa shape index (κ2) is 43.5. The lowest BCUT2D eigenvalue weighted by atomic mass is 10.0. The maximum Gasteiger partial charge on any atom is 0.472 e. The number of phosphoric acid groups is 1. The molecule has 0 aromatic rings. The van der Waals surface area contributed by atoms with Gasteiger partial charge in [-0.05, 0) is 51.4 Å². The van der Waals surface area contributed by atoms with Crippen LogP contribution in [0.1, 0.15) is 206 Å². The molecule has 0 amide bonds. The number of allylic oxidation sites excluding steroid dienone is 8. The van der Waals surface area contributed by atoms with Gasteiger partial charge in [0.25, 0.3) is 0 Å². The van der Waals surface area contributed by atoms with Gasteiger partial charge in [0, 0.05) is 19.4 Å². The molecule has 0 bridgehead atoms. The van der Waals surface area contributed by atoms with Crippen LogP contribution in [0, 0.1) is 0 Å². The van der Waals surface area contributed by atoms with E-state index in [1.165, 1.54) is 116 Å². The molecule has 0 heterocycles. The lowest BCUT2D eigenvalue weighted by Gasteiger charge is -2.19. The Labute approximate surface area is 349 Å². The Balaban J connectivity index is 4.10. The highest BCUT2D eigenvalue weighted by atomic mass is 31.2. The highest BCUT2D eigenvalue weighted by molar-refractivity contribution is 7.47. The van der Waals surface area contributed by atoms with Gasteiger partial charge in [0.15, 0.2) is 6.10 Å². The summed E-state index contributed by atoms with van der Waals surface area (Å²) in [6, 6.07) is 0. The predicted molar refractivity (Wildman–Crippen MR) is 238 cm³/mol. The molecule has 3 N–H and O–H groups in total. The summed E-state index contributed by atoms with van der Waals surface area (Å²) < 4.78 is 32.8. The fourth-order valence-corrected chi connectivity index (χ4v) is 7.10. The van der Waals surface area contributed by atoms with E-state index in [4.69, 9.17) is 24.3 Å². The zero-order valence-electron chi connectivity index (χ0n) is 36.6. The van der Waals surface area contributed by atoms with Gasteiger partial charge in [0.2, 0.25) is 0 Å². The number of ether oxygens (including phenoxy) is 2. The fraction of sp³-hybridized carbons (Fsp3) is 0.787.